The molecule has 1 saturated heterocycles. The van der Waals surface area contributed by atoms with Crippen molar-refractivity contribution in [2.24, 2.45) is 5.92 Å². The summed E-state index contributed by atoms with van der Waals surface area (Å²) < 4.78 is 0. The third kappa shape index (κ3) is 2.38. The SMILES string of the molecule is CC(O)CC1CN2C(C(=O)O)=C(c3cccc(O)c3)C[C@H]12. The normalized spacial score (nSPS) is 25.5. The highest BCUT2D eigenvalue weighted by Gasteiger charge is 2.48. The van der Waals surface area contributed by atoms with E-state index >= 15 is 0 Å². The Balaban J connectivity index is 1.90. The smallest absolute Gasteiger partial charge is 0.352 e. The topological polar surface area (TPSA) is 81.0 Å². The van der Waals surface area contributed by atoms with E-state index in [2.05, 4.69) is 0 Å². The summed E-state index contributed by atoms with van der Waals surface area (Å²) in [6.45, 7) is 2.44. The summed E-state index contributed by atoms with van der Waals surface area (Å²) in [6.07, 6.45) is 0.986. The molecule has 0 aromatic heterocycles. The van der Waals surface area contributed by atoms with Gasteiger partial charge in [-0.1, -0.05) is 12.1 Å². The first-order valence-electron chi connectivity index (χ1n) is 7.18. The van der Waals surface area contributed by atoms with Gasteiger partial charge in [-0.05, 0) is 49.0 Å². The number of rotatable bonds is 4. The monoisotopic (exact) mass is 289 g/mol. The maximum atomic E-state index is 11.6. The van der Waals surface area contributed by atoms with Gasteiger partial charge in [-0.3, -0.25) is 0 Å². The lowest BCUT2D eigenvalue weighted by Gasteiger charge is -2.46. The van der Waals surface area contributed by atoms with E-state index in [1.807, 2.05) is 11.0 Å². The number of carbonyl (C=O) groups is 1. The van der Waals surface area contributed by atoms with E-state index in [1.54, 1.807) is 25.1 Å². The summed E-state index contributed by atoms with van der Waals surface area (Å²) in [7, 11) is 0. The van der Waals surface area contributed by atoms with E-state index in [0.717, 1.165) is 11.1 Å². The number of phenolic OH excluding ortho intramolecular Hbond substituents is 1. The quantitative estimate of drug-likeness (QED) is 0.785. The third-order valence-corrected chi connectivity index (χ3v) is 4.40. The Morgan fingerprint density at radius 3 is 2.86 bits per heavy atom. The predicted octanol–water partition coefficient (Wildman–Crippen LogP) is 1.66. The molecular weight excluding hydrogens is 270 g/mol. The van der Waals surface area contributed by atoms with Gasteiger partial charge >= 0.3 is 5.97 Å². The molecule has 3 rings (SSSR count). The fourth-order valence-electron chi connectivity index (χ4n) is 3.51. The summed E-state index contributed by atoms with van der Waals surface area (Å²) in [6, 6.07) is 6.88. The Bertz CT molecular complexity index is 608. The molecule has 5 nitrogen and oxygen atoms in total. The second-order valence-electron chi connectivity index (χ2n) is 5.95. The van der Waals surface area contributed by atoms with Crippen LogP contribution in [0.2, 0.25) is 0 Å². The zero-order valence-corrected chi connectivity index (χ0v) is 11.9. The average Bonchev–Trinajstić information content (AvgIpc) is 2.69. The number of aromatic hydroxyl groups is 1. The largest absolute Gasteiger partial charge is 0.508 e. The predicted molar refractivity (Wildman–Crippen MR) is 77.6 cm³/mol. The third-order valence-electron chi connectivity index (χ3n) is 4.40. The Morgan fingerprint density at radius 2 is 2.24 bits per heavy atom. The van der Waals surface area contributed by atoms with Gasteiger partial charge < -0.3 is 20.2 Å². The number of benzene rings is 1. The summed E-state index contributed by atoms with van der Waals surface area (Å²) >= 11 is 0. The van der Waals surface area contributed by atoms with Crippen molar-refractivity contribution >= 4 is 11.5 Å². The molecule has 0 radical (unpaired) electrons. The van der Waals surface area contributed by atoms with Crippen molar-refractivity contribution in [2.75, 3.05) is 6.54 Å². The zero-order chi connectivity index (χ0) is 15.1. The minimum Gasteiger partial charge on any atom is -0.508 e. The zero-order valence-electron chi connectivity index (χ0n) is 11.9. The lowest BCUT2D eigenvalue weighted by molar-refractivity contribution is -0.136. The molecule has 5 heteroatoms. The number of aliphatic carboxylic acids is 1. The maximum absolute atomic E-state index is 11.6. The number of nitrogens with zero attached hydrogens (tertiary/aromatic N) is 1. The first kappa shape index (κ1) is 13.9. The number of aliphatic hydroxyl groups excluding tert-OH is 1. The van der Waals surface area contributed by atoms with Crippen LogP contribution < -0.4 is 0 Å². The number of phenols is 1. The van der Waals surface area contributed by atoms with Gasteiger partial charge in [0.05, 0.1) is 6.10 Å². The van der Waals surface area contributed by atoms with E-state index in [-0.39, 0.29) is 17.9 Å². The Kier molecular flexibility index (Phi) is 3.37. The van der Waals surface area contributed by atoms with Crippen LogP contribution in [0, 0.1) is 5.92 Å². The first-order chi connectivity index (χ1) is 9.97. The van der Waals surface area contributed by atoms with Crippen molar-refractivity contribution in [1.82, 2.24) is 4.90 Å². The number of hydrogen-bond acceptors (Lipinski definition) is 4. The van der Waals surface area contributed by atoms with Crippen LogP contribution in [0.4, 0.5) is 0 Å². The van der Waals surface area contributed by atoms with Crippen LogP contribution >= 0.6 is 0 Å². The van der Waals surface area contributed by atoms with Crippen LogP contribution in [0.15, 0.2) is 30.0 Å². The van der Waals surface area contributed by atoms with Crippen molar-refractivity contribution in [2.45, 2.75) is 31.9 Å². The molecule has 0 spiro atoms. The Morgan fingerprint density at radius 1 is 1.48 bits per heavy atom. The second-order valence-corrected chi connectivity index (χ2v) is 5.95. The number of aliphatic hydroxyl groups is 1. The first-order valence-corrected chi connectivity index (χ1v) is 7.18. The fourth-order valence-corrected chi connectivity index (χ4v) is 3.51. The van der Waals surface area contributed by atoms with Crippen molar-refractivity contribution in [3.8, 4) is 5.75 Å². The molecule has 2 heterocycles. The molecule has 1 fully saturated rings. The standard InChI is InChI=1S/C16H19NO4/c1-9(18)5-11-8-17-14(11)7-13(15(17)16(20)21)10-3-2-4-12(19)6-10/h2-4,6,9,11,14,18-19H,5,7-8H2,1H3,(H,20,21)/t9?,11?,14-/m1/s1. The van der Waals surface area contributed by atoms with Crippen molar-refractivity contribution in [1.29, 1.82) is 0 Å². The number of carboxylic acids is 1. The summed E-state index contributed by atoms with van der Waals surface area (Å²) in [4.78, 5) is 13.5. The highest BCUT2D eigenvalue weighted by Crippen LogP contribution is 2.46. The average molecular weight is 289 g/mol. The van der Waals surface area contributed by atoms with Crippen LogP contribution in [0.3, 0.4) is 0 Å². The fraction of sp³-hybridized carbons (Fsp3) is 0.438. The van der Waals surface area contributed by atoms with Gasteiger partial charge in [0.15, 0.2) is 0 Å². The molecule has 3 N–H and O–H groups in total. The molecule has 112 valence electrons. The molecule has 0 saturated carbocycles. The molecular formula is C16H19NO4. The van der Waals surface area contributed by atoms with E-state index in [9.17, 15) is 20.1 Å². The van der Waals surface area contributed by atoms with Crippen LogP contribution in [-0.2, 0) is 4.79 Å². The van der Waals surface area contributed by atoms with Gasteiger partial charge in [-0.25, -0.2) is 4.79 Å². The lowest BCUT2D eigenvalue weighted by atomic mass is 9.83. The van der Waals surface area contributed by atoms with Crippen molar-refractivity contribution in [3.05, 3.63) is 35.5 Å². The summed E-state index contributed by atoms with van der Waals surface area (Å²) in [5.41, 5.74) is 1.88. The van der Waals surface area contributed by atoms with E-state index in [1.165, 1.54) is 0 Å². The molecule has 1 aromatic carbocycles. The van der Waals surface area contributed by atoms with Gasteiger partial charge in [0.1, 0.15) is 11.4 Å². The molecule has 0 bridgehead atoms. The van der Waals surface area contributed by atoms with Crippen LogP contribution in [-0.4, -0.2) is 44.9 Å². The minimum absolute atomic E-state index is 0.138. The second kappa shape index (κ2) is 5.07. The molecule has 0 amide bonds. The highest BCUT2D eigenvalue weighted by molar-refractivity contribution is 5.97. The summed E-state index contributed by atoms with van der Waals surface area (Å²) in [5, 5.41) is 28.6. The Labute approximate surface area is 123 Å². The van der Waals surface area contributed by atoms with Gasteiger partial charge in [0, 0.05) is 12.6 Å². The van der Waals surface area contributed by atoms with Crippen LogP contribution in [0.25, 0.3) is 5.57 Å². The van der Waals surface area contributed by atoms with E-state index in [4.69, 9.17) is 0 Å². The van der Waals surface area contributed by atoms with Gasteiger partial charge in [-0.15, -0.1) is 0 Å². The van der Waals surface area contributed by atoms with Gasteiger partial charge in [0.2, 0.25) is 0 Å². The molecule has 2 aliphatic heterocycles. The number of hydrogen-bond donors (Lipinski definition) is 3. The van der Waals surface area contributed by atoms with Gasteiger partial charge in [0.25, 0.3) is 0 Å². The lowest BCUT2D eigenvalue weighted by Crippen LogP contribution is -2.54. The minimum atomic E-state index is -0.925. The summed E-state index contributed by atoms with van der Waals surface area (Å²) in [5.74, 6) is -0.458. The maximum Gasteiger partial charge on any atom is 0.352 e. The van der Waals surface area contributed by atoms with E-state index in [0.29, 0.717) is 31.0 Å². The Hall–Kier alpha value is -2.01. The van der Waals surface area contributed by atoms with Crippen LogP contribution in [0.5, 0.6) is 5.75 Å². The molecule has 2 aliphatic rings. The number of fused-ring (bicyclic) bond motifs is 1. The van der Waals surface area contributed by atoms with Crippen molar-refractivity contribution in [3.63, 3.8) is 0 Å². The molecule has 3 atom stereocenters. The number of carboxylic acid groups (broad SMARTS) is 1. The molecule has 21 heavy (non-hydrogen) atoms. The molecule has 0 aliphatic carbocycles. The highest BCUT2D eigenvalue weighted by atomic mass is 16.4. The van der Waals surface area contributed by atoms with Gasteiger partial charge in [-0.2, -0.15) is 0 Å². The van der Waals surface area contributed by atoms with Crippen LogP contribution in [0.1, 0.15) is 25.3 Å². The van der Waals surface area contributed by atoms with Crippen molar-refractivity contribution < 1.29 is 20.1 Å². The van der Waals surface area contributed by atoms with E-state index < -0.39 is 5.97 Å². The molecule has 1 aromatic rings. The molecule has 2 unspecified atom stereocenters.